The Morgan fingerprint density at radius 3 is 2.66 bits per heavy atom. The number of thiocarbonyl (C=S) groups is 1. The van der Waals surface area contributed by atoms with Crippen molar-refractivity contribution in [2.24, 2.45) is 0 Å². The van der Waals surface area contributed by atoms with Gasteiger partial charge in [0.05, 0.1) is 16.1 Å². The number of hydrazine groups is 1. The predicted molar refractivity (Wildman–Crippen MR) is 113 cm³/mol. The van der Waals surface area contributed by atoms with Gasteiger partial charge in [-0.05, 0) is 31.2 Å². The first-order chi connectivity index (χ1) is 13.8. The van der Waals surface area contributed by atoms with Gasteiger partial charge in [0.15, 0.2) is 0 Å². The molecular formula is C18H17N3O5S3. The zero-order valence-electron chi connectivity index (χ0n) is 15.2. The first kappa shape index (κ1) is 21.2. The lowest BCUT2D eigenvalue weighted by molar-refractivity contribution is -0.124. The van der Waals surface area contributed by atoms with E-state index in [1.54, 1.807) is 30.3 Å². The number of carbonyl (C=O) groups excluding carboxylic acids is 2. The van der Waals surface area contributed by atoms with Gasteiger partial charge in [0, 0.05) is 19.0 Å². The minimum Gasteiger partial charge on any atom is -0.465 e. The van der Waals surface area contributed by atoms with E-state index in [9.17, 15) is 18.0 Å². The Morgan fingerprint density at radius 1 is 1.28 bits per heavy atom. The molecule has 1 aliphatic heterocycles. The number of thioether (sulfide) groups is 1. The number of nitrogens with one attached hydrogen (secondary N) is 2. The topological polar surface area (TPSA) is 109 Å². The van der Waals surface area contributed by atoms with E-state index in [0.717, 1.165) is 17.3 Å². The second-order valence-electron chi connectivity index (χ2n) is 6.07. The number of amides is 2. The molecular weight excluding hydrogens is 434 g/mol. The van der Waals surface area contributed by atoms with Crippen molar-refractivity contribution in [2.45, 2.75) is 18.2 Å². The van der Waals surface area contributed by atoms with E-state index in [4.69, 9.17) is 16.6 Å². The summed E-state index contributed by atoms with van der Waals surface area (Å²) >= 11 is 6.31. The van der Waals surface area contributed by atoms with Gasteiger partial charge in [0.2, 0.25) is 5.91 Å². The summed E-state index contributed by atoms with van der Waals surface area (Å²) in [7, 11) is -3.88. The Balaban J connectivity index is 1.53. The third-order valence-electron chi connectivity index (χ3n) is 3.91. The molecule has 1 aromatic carbocycles. The molecule has 1 aliphatic rings. The summed E-state index contributed by atoms with van der Waals surface area (Å²) in [5.41, 5.74) is 3.06. The molecule has 11 heteroatoms. The second kappa shape index (κ2) is 8.91. The Bertz CT molecular complexity index is 1060. The molecule has 0 spiro atoms. The number of hydrogen-bond acceptors (Lipinski definition) is 7. The SMILES string of the molecule is Cc1ccc(S(=O)(=O)NNC(=O)CCN2C(=O)/C(=C\c3ccco3)SC2=S)cc1. The minimum absolute atomic E-state index is 0.0260. The summed E-state index contributed by atoms with van der Waals surface area (Å²) < 4.78 is 29.9. The smallest absolute Gasteiger partial charge is 0.266 e. The van der Waals surface area contributed by atoms with Gasteiger partial charge in [0.1, 0.15) is 10.1 Å². The number of nitrogens with zero attached hydrogens (tertiary/aromatic N) is 1. The number of sulfonamides is 1. The van der Waals surface area contributed by atoms with Crippen LogP contribution in [0.25, 0.3) is 6.08 Å². The van der Waals surface area contributed by atoms with Gasteiger partial charge in [-0.3, -0.25) is 19.9 Å². The summed E-state index contributed by atoms with van der Waals surface area (Å²) in [6.45, 7) is 1.86. The zero-order chi connectivity index (χ0) is 21.0. The third-order valence-corrected chi connectivity index (χ3v) is 6.55. The molecule has 2 amide bonds. The molecule has 0 atom stereocenters. The van der Waals surface area contributed by atoms with Crippen molar-refractivity contribution >= 4 is 56.2 Å². The van der Waals surface area contributed by atoms with Crippen LogP contribution in [-0.2, 0) is 19.6 Å². The molecule has 3 rings (SSSR count). The summed E-state index contributed by atoms with van der Waals surface area (Å²) in [6, 6.07) is 9.60. The van der Waals surface area contributed by atoms with E-state index in [2.05, 4.69) is 5.43 Å². The maximum Gasteiger partial charge on any atom is 0.266 e. The molecule has 1 fully saturated rings. The van der Waals surface area contributed by atoms with Crippen LogP contribution in [0.3, 0.4) is 0 Å². The van der Waals surface area contributed by atoms with Gasteiger partial charge in [0.25, 0.3) is 15.9 Å². The van der Waals surface area contributed by atoms with E-state index in [1.165, 1.54) is 23.3 Å². The quantitative estimate of drug-likeness (QED) is 0.377. The second-order valence-corrected chi connectivity index (χ2v) is 9.42. The highest BCUT2D eigenvalue weighted by Crippen LogP contribution is 2.32. The first-order valence-corrected chi connectivity index (χ1v) is 11.1. The largest absolute Gasteiger partial charge is 0.465 e. The highest BCUT2D eigenvalue weighted by molar-refractivity contribution is 8.26. The summed E-state index contributed by atoms with van der Waals surface area (Å²) in [5.74, 6) is -0.400. The van der Waals surface area contributed by atoms with Crippen LogP contribution in [-0.4, -0.2) is 36.0 Å². The molecule has 0 bridgehead atoms. The fourth-order valence-electron chi connectivity index (χ4n) is 2.37. The molecule has 0 aliphatic carbocycles. The molecule has 2 N–H and O–H groups in total. The Labute approximate surface area is 177 Å². The number of furan rings is 1. The highest BCUT2D eigenvalue weighted by atomic mass is 32.2. The van der Waals surface area contributed by atoms with E-state index in [1.807, 2.05) is 11.8 Å². The predicted octanol–water partition coefficient (Wildman–Crippen LogP) is 2.19. The molecule has 1 aromatic heterocycles. The van der Waals surface area contributed by atoms with Crippen molar-refractivity contribution in [1.82, 2.24) is 15.2 Å². The van der Waals surface area contributed by atoms with E-state index in [0.29, 0.717) is 15.0 Å². The van der Waals surface area contributed by atoms with Crippen LogP contribution >= 0.6 is 24.0 Å². The van der Waals surface area contributed by atoms with Crippen LogP contribution in [0, 0.1) is 6.92 Å². The lowest BCUT2D eigenvalue weighted by Gasteiger charge is -2.14. The van der Waals surface area contributed by atoms with Crippen LogP contribution in [0.2, 0.25) is 0 Å². The van der Waals surface area contributed by atoms with Gasteiger partial charge in [-0.2, -0.15) is 0 Å². The minimum atomic E-state index is -3.88. The standard InChI is InChI=1S/C18H17N3O5S3/c1-12-4-6-14(7-5-12)29(24,25)20-19-16(22)8-9-21-17(23)15(28-18(21)27)11-13-3-2-10-26-13/h2-7,10-11,20H,8-9H2,1H3,(H,19,22)/b15-11+. The van der Waals surface area contributed by atoms with Gasteiger partial charge >= 0.3 is 0 Å². The van der Waals surface area contributed by atoms with Gasteiger partial charge < -0.3 is 4.42 Å². The van der Waals surface area contributed by atoms with Crippen LogP contribution in [0.4, 0.5) is 0 Å². The Hall–Kier alpha value is -2.47. The van der Waals surface area contributed by atoms with Crippen LogP contribution < -0.4 is 10.3 Å². The molecule has 8 nitrogen and oxygen atoms in total. The van der Waals surface area contributed by atoms with Crippen molar-refractivity contribution in [1.29, 1.82) is 0 Å². The number of hydrogen-bond donors (Lipinski definition) is 2. The normalized spacial score (nSPS) is 15.9. The number of carbonyl (C=O) groups is 2. The molecule has 29 heavy (non-hydrogen) atoms. The highest BCUT2D eigenvalue weighted by Gasteiger charge is 2.32. The molecule has 0 unspecified atom stereocenters. The van der Waals surface area contributed by atoms with Crippen LogP contribution in [0.15, 0.2) is 56.9 Å². The molecule has 2 heterocycles. The Kier molecular flexibility index (Phi) is 6.52. The maximum atomic E-state index is 12.4. The Morgan fingerprint density at radius 2 is 2.00 bits per heavy atom. The van der Waals surface area contributed by atoms with Gasteiger partial charge in [-0.25, -0.2) is 8.42 Å². The molecule has 0 radical (unpaired) electrons. The third kappa shape index (κ3) is 5.32. The average Bonchev–Trinajstić information content (AvgIpc) is 3.28. The fourth-order valence-corrected chi connectivity index (χ4v) is 4.52. The maximum absolute atomic E-state index is 12.4. The number of aryl methyl sites for hydroxylation is 1. The van der Waals surface area contributed by atoms with Crippen molar-refractivity contribution in [2.75, 3.05) is 6.54 Å². The summed E-state index contributed by atoms with van der Waals surface area (Å²) in [6.07, 6.45) is 2.94. The van der Waals surface area contributed by atoms with Crippen LogP contribution in [0.5, 0.6) is 0 Å². The lowest BCUT2D eigenvalue weighted by Crippen LogP contribution is -2.43. The van der Waals surface area contributed by atoms with Crippen molar-refractivity contribution in [3.8, 4) is 0 Å². The summed E-state index contributed by atoms with van der Waals surface area (Å²) in [4.78, 5) is 28.2. The van der Waals surface area contributed by atoms with E-state index >= 15 is 0 Å². The van der Waals surface area contributed by atoms with Crippen LogP contribution in [0.1, 0.15) is 17.7 Å². The van der Waals surface area contributed by atoms with Crippen molar-refractivity contribution in [3.05, 3.63) is 58.9 Å². The lowest BCUT2D eigenvalue weighted by atomic mass is 10.2. The van der Waals surface area contributed by atoms with E-state index in [-0.39, 0.29) is 23.8 Å². The number of rotatable bonds is 7. The number of benzene rings is 1. The fraction of sp³-hybridized carbons (Fsp3) is 0.167. The van der Waals surface area contributed by atoms with Crippen molar-refractivity contribution in [3.63, 3.8) is 0 Å². The molecule has 152 valence electrons. The average molecular weight is 452 g/mol. The van der Waals surface area contributed by atoms with Crippen molar-refractivity contribution < 1.29 is 22.4 Å². The molecule has 0 saturated carbocycles. The zero-order valence-corrected chi connectivity index (χ0v) is 17.7. The van der Waals surface area contributed by atoms with Gasteiger partial charge in [-0.1, -0.05) is 41.7 Å². The monoisotopic (exact) mass is 451 g/mol. The molecule has 1 saturated heterocycles. The first-order valence-electron chi connectivity index (χ1n) is 8.42. The molecule has 2 aromatic rings. The van der Waals surface area contributed by atoms with Gasteiger partial charge in [-0.15, -0.1) is 4.83 Å². The van der Waals surface area contributed by atoms with E-state index < -0.39 is 15.9 Å². The summed E-state index contributed by atoms with van der Waals surface area (Å²) in [5, 5.41) is 0.